The summed E-state index contributed by atoms with van der Waals surface area (Å²) in [6.45, 7) is 0.575. The zero-order valence-electron chi connectivity index (χ0n) is 18.2. The van der Waals surface area contributed by atoms with Crippen molar-refractivity contribution in [2.24, 2.45) is 5.92 Å². The molecule has 0 radical (unpaired) electrons. The number of rotatable bonds is 5. The lowest BCUT2D eigenvalue weighted by atomic mass is 10.0. The number of nitrogens with zero attached hydrogens (tertiary/aromatic N) is 5. The van der Waals surface area contributed by atoms with E-state index in [9.17, 15) is 26.7 Å². The van der Waals surface area contributed by atoms with Crippen molar-refractivity contribution < 1.29 is 26.7 Å². The summed E-state index contributed by atoms with van der Waals surface area (Å²) in [5.41, 5.74) is -0.315. The molecular weight excluding hydrogens is 459 g/mol. The van der Waals surface area contributed by atoms with Gasteiger partial charge in [0.25, 0.3) is 5.92 Å². The first-order chi connectivity index (χ1) is 16.1. The number of halogens is 5. The molecule has 1 saturated carbocycles. The number of aromatic nitrogens is 3. The van der Waals surface area contributed by atoms with Crippen molar-refractivity contribution in [2.75, 3.05) is 36.4 Å². The summed E-state index contributed by atoms with van der Waals surface area (Å²) in [7, 11) is 0. The molecule has 1 aliphatic carbocycles. The Balaban J connectivity index is 1.43. The fourth-order valence-corrected chi connectivity index (χ4v) is 4.37. The van der Waals surface area contributed by atoms with Gasteiger partial charge in [-0.15, -0.1) is 0 Å². The Morgan fingerprint density at radius 2 is 1.88 bits per heavy atom. The van der Waals surface area contributed by atoms with Crippen molar-refractivity contribution in [3.63, 3.8) is 0 Å². The number of amides is 1. The first kappa shape index (κ1) is 22.7. The summed E-state index contributed by atoms with van der Waals surface area (Å²) < 4.78 is 66.9. The average Bonchev–Trinajstić information content (AvgIpc) is 3.39. The number of hydrogen-bond acceptors (Lipinski definition) is 6. The van der Waals surface area contributed by atoms with Crippen molar-refractivity contribution in [1.82, 2.24) is 19.9 Å². The predicted molar refractivity (Wildman–Crippen MR) is 113 cm³/mol. The van der Waals surface area contributed by atoms with Gasteiger partial charge in [-0.1, -0.05) is 0 Å². The third-order valence-corrected chi connectivity index (χ3v) is 6.37. The molecule has 12 heteroatoms. The van der Waals surface area contributed by atoms with Crippen molar-refractivity contribution in [3.8, 4) is 0 Å². The number of pyridine rings is 1. The monoisotopic (exact) mass is 482 g/mol. The number of carbonyl (C=O) groups is 1. The Morgan fingerprint density at radius 3 is 2.56 bits per heavy atom. The van der Waals surface area contributed by atoms with Gasteiger partial charge in [0, 0.05) is 50.2 Å². The molecule has 7 nitrogen and oxygen atoms in total. The number of carbonyl (C=O) groups excluding carboxylic acids is 1. The van der Waals surface area contributed by atoms with Gasteiger partial charge in [-0.2, -0.15) is 18.2 Å². The molecule has 1 atom stereocenters. The number of alkyl halides is 5. The van der Waals surface area contributed by atoms with E-state index in [2.05, 4.69) is 20.3 Å². The van der Waals surface area contributed by atoms with Crippen molar-refractivity contribution in [1.29, 1.82) is 0 Å². The molecular formula is C22H23F5N6O. The Bertz CT molecular complexity index is 1090. The molecule has 182 valence electrons. The smallest absolute Gasteiger partial charge is 0.342 e. The minimum absolute atomic E-state index is 0.0641. The SMILES string of the molecule is O=C(C1CC1)N1CCC(c2cc(Nc3cc(C(F)(F)F)ccn3)nc(N3CCC(F)(F)C3)n2)C1. The quantitative estimate of drug-likeness (QED) is 0.644. The zero-order chi connectivity index (χ0) is 24.1. The van der Waals surface area contributed by atoms with Gasteiger partial charge in [0.15, 0.2) is 0 Å². The number of nitrogens with one attached hydrogen (secondary N) is 1. The largest absolute Gasteiger partial charge is 0.416 e. The van der Waals surface area contributed by atoms with Gasteiger partial charge >= 0.3 is 6.18 Å². The molecule has 4 heterocycles. The molecule has 2 saturated heterocycles. The fraction of sp³-hybridized carbons (Fsp3) is 0.545. The van der Waals surface area contributed by atoms with Crippen LogP contribution in [-0.2, 0) is 11.0 Å². The van der Waals surface area contributed by atoms with Gasteiger partial charge in [0.05, 0.1) is 17.8 Å². The van der Waals surface area contributed by atoms with E-state index in [4.69, 9.17) is 0 Å². The molecule has 1 N–H and O–H groups in total. The maximum absolute atomic E-state index is 13.8. The average molecular weight is 482 g/mol. The van der Waals surface area contributed by atoms with Crippen LogP contribution < -0.4 is 10.2 Å². The van der Waals surface area contributed by atoms with Crippen LogP contribution in [0, 0.1) is 5.92 Å². The summed E-state index contributed by atoms with van der Waals surface area (Å²) in [5, 5.41) is 2.77. The molecule has 5 rings (SSSR count). The molecule has 2 aromatic rings. The van der Waals surface area contributed by atoms with Gasteiger partial charge in [0.1, 0.15) is 11.6 Å². The second-order valence-corrected chi connectivity index (χ2v) is 9.10. The van der Waals surface area contributed by atoms with E-state index in [1.165, 1.54) is 4.90 Å². The Labute approximate surface area is 192 Å². The highest BCUT2D eigenvalue weighted by atomic mass is 19.4. The van der Waals surface area contributed by atoms with Crippen LogP contribution in [0.1, 0.15) is 42.9 Å². The van der Waals surface area contributed by atoms with E-state index in [-0.39, 0.29) is 48.3 Å². The lowest BCUT2D eigenvalue weighted by Crippen LogP contribution is -2.30. The van der Waals surface area contributed by atoms with Crippen LogP contribution in [0.15, 0.2) is 24.4 Å². The van der Waals surface area contributed by atoms with Crippen LogP contribution in [0.2, 0.25) is 0 Å². The van der Waals surface area contributed by atoms with Gasteiger partial charge < -0.3 is 15.1 Å². The minimum atomic E-state index is -4.54. The van der Waals surface area contributed by atoms with Crippen molar-refractivity contribution in [3.05, 3.63) is 35.7 Å². The molecule has 2 aromatic heterocycles. The second-order valence-electron chi connectivity index (χ2n) is 9.10. The maximum Gasteiger partial charge on any atom is 0.416 e. The number of hydrogen-bond donors (Lipinski definition) is 1. The molecule has 34 heavy (non-hydrogen) atoms. The summed E-state index contributed by atoms with van der Waals surface area (Å²) in [6.07, 6.45) is -1.37. The zero-order valence-corrected chi connectivity index (χ0v) is 18.2. The highest BCUT2D eigenvalue weighted by molar-refractivity contribution is 5.81. The van der Waals surface area contributed by atoms with E-state index >= 15 is 0 Å². The van der Waals surface area contributed by atoms with Crippen molar-refractivity contribution >= 4 is 23.5 Å². The fourth-order valence-electron chi connectivity index (χ4n) is 4.37. The Morgan fingerprint density at radius 1 is 1.09 bits per heavy atom. The van der Waals surface area contributed by atoms with Crippen LogP contribution >= 0.6 is 0 Å². The minimum Gasteiger partial charge on any atom is -0.342 e. The van der Waals surface area contributed by atoms with Gasteiger partial charge in [0.2, 0.25) is 11.9 Å². The summed E-state index contributed by atoms with van der Waals surface area (Å²) in [5.74, 6) is -2.60. The van der Waals surface area contributed by atoms with E-state index < -0.39 is 24.2 Å². The van der Waals surface area contributed by atoms with Gasteiger partial charge in [-0.05, 0) is 31.4 Å². The topological polar surface area (TPSA) is 74.2 Å². The molecule has 0 aromatic carbocycles. The van der Waals surface area contributed by atoms with E-state index in [1.54, 1.807) is 11.0 Å². The molecule has 0 bridgehead atoms. The summed E-state index contributed by atoms with van der Waals surface area (Å²) in [6, 6.07) is 3.31. The lowest BCUT2D eigenvalue weighted by molar-refractivity contribution is -0.137. The highest BCUT2D eigenvalue weighted by Crippen LogP contribution is 2.37. The first-order valence-corrected chi connectivity index (χ1v) is 11.2. The van der Waals surface area contributed by atoms with Crippen LogP contribution in [0.4, 0.5) is 39.5 Å². The molecule has 2 aliphatic heterocycles. The van der Waals surface area contributed by atoms with Crippen LogP contribution in [0.25, 0.3) is 0 Å². The predicted octanol–water partition coefficient (Wildman–Crippen LogP) is 4.21. The van der Waals surface area contributed by atoms with Crippen molar-refractivity contribution in [2.45, 2.75) is 43.7 Å². The highest BCUT2D eigenvalue weighted by Gasteiger charge is 2.40. The molecule has 0 spiro atoms. The van der Waals surface area contributed by atoms with Crippen LogP contribution in [0.5, 0.6) is 0 Å². The first-order valence-electron chi connectivity index (χ1n) is 11.2. The third-order valence-electron chi connectivity index (χ3n) is 6.37. The molecule has 1 unspecified atom stereocenters. The number of likely N-dealkylation sites (tertiary alicyclic amines) is 1. The lowest BCUT2D eigenvalue weighted by Gasteiger charge is -2.20. The molecule has 3 fully saturated rings. The second kappa shape index (κ2) is 8.31. The van der Waals surface area contributed by atoms with E-state index in [0.29, 0.717) is 25.2 Å². The summed E-state index contributed by atoms with van der Waals surface area (Å²) in [4.78, 5) is 28.4. The normalized spacial score (nSPS) is 22.3. The molecule has 1 amide bonds. The van der Waals surface area contributed by atoms with Gasteiger partial charge in [-0.3, -0.25) is 4.79 Å². The third kappa shape index (κ3) is 4.90. The van der Waals surface area contributed by atoms with Gasteiger partial charge in [-0.25, -0.2) is 18.7 Å². The Kier molecular flexibility index (Phi) is 5.56. The van der Waals surface area contributed by atoms with Crippen LogP contribution in [-0.4, -0.2) is 57.9 Å². The van der Waals surface area contributed by atoms with Crippen LogP contribution in [0.3, 0.4) is 0 Å². The molecule has 3 aliphatic rings. The van der Waals surface area contributed by atoms with E-state index in [0.717, 1.165) is 31.2 Å². The standard InChI is InChI=1S/C22H23F5N6O/c23-21(24)5-8-33(12-21)20-29-16(14-4-7-32(11-14)19(34)13-1-2-13)10-18(31-20)30-17-9-15(3-6-28-17)22(25,26)27/h3,6,9-10,13-14H,1-2,4-5,7-8,11-12H2,(H,28,29,30,31). The number of anilines is 3. The summed E-state index contributed by atoms with van der Waals surface area (Å²) >= 11 is 0. The van der Waals surface area contributed by atoms with E-state index in [1.807, 2.05) is 0 Å². The maximum atomic E-state index is 13.8. The Hall–Kier alpha value is -3.05.